The molecule has 0 aromatic heterocycles. The summed E-state index contributed by atoms with van der Waals surface area (Å²) in [5.74, 6) is 0.979. The third-order valence-corrected chi connectivity index (χ3v) is 3.39. The molecule has 0 unspecified atom stereocenters. The highest BCUT2D eigenvalue weighted by atomic mass is 127. The van der Waals surface area contributed by atoms with Gasteiger partial charge in [-0.2, -0.15) is 4.58 Å². The van der Waals surface area contributed by atoms with Crippen LogP contribution in [0, 0.1) is 0 Å². The van der Waals surface area contributed by atoms with Crippen LogP contribution >= 0.6 is 0 Å². The summed E-state index contributed by atoms with van der Waals surface area (Å²) in [7, 11) is 2.09. The second kappa shape index (κ2) is 5.87. The van der Waals surface area contributed by atoms with E-state index in [1.54, 1.807) is 0 Å². The van der Waals surface area contributed by atoms with Gasteiger partial charge in [0.1, 0.15) is 7.05 Å². The normalized spacial score (nSPS) is 17.1. The maximum absolute atomic E-state index is 5.86. The van der Waals surface area contributed by atoms with Gasteiger partial charge < -0.3 is 28.7 Å². The molecule has 0 fully saturated rings. The largest absolute Gasteiger partial charge is 1.00 e. The number of ether oxygens (including phenoxy) is 1. The molecule has 0 saturated carbocycles. The van der Waals surface area contributed by atoms with E-state index < -0.39 is 0 Å². The van der Waals surface area contributed by atoms with Gasteiger partial charge in [0.2, 0.25) is 0 Å². The van der Waals surface area contributed by atoms with Crippen molar-refractivity contribution in [3.05, 3.63) is 48.0 Å². The van der Waals surface area contributed by atoms with Crippen molar-refractivity contribution in [2.75, 3.05) is 13.7 Å². The molecule has 1 aliphatic heterocycles. The number of nitrogens with zero attached hydrogens (tertiary/aromatic N) is 1. The van der Waals surface area contributed by atoms with E-state index in [0.29, 0.717) is 0 Å². The average molecular weight is 357 g/mol. The zero-order chi connectivity index (χ0) is 12.5. The summed E-state index contributed by atoms with van der Waals surface area (Å²) in [5, 5.41) is 0. The fraction of sp³-hybridized carbons (Fsp3) is 0.400. The van der Waals surface area contributed by atoms with Crippen LogP contribution in [0.1, 0.15) is 25.0 Å². The van der Waals surface area contributed by atoms with Crippen molar-refractivity contribution in [3.63, 3.8) is 0 Å². The van der Waals surface area contributed by atoms with Crippen molar-refractivity contribution < 1.29 is 33.3 Å². The number of hydrogen-bond acceptors (Lipinski definition) is 1. The Kier molecular flexibility index (Phi) is 4.96. The van der Waals surface area contributed by atoms with E-state index in [-0.39, 0.29) is 29.5 Å². The van der Waals surface area contributed by atoms with E-state index in [1.165, 1.54) is 11.1 Å². The Balaban J connectivity index is 0.00000162. The highest BCUT2D eigenvalue weighted by Gasteiger charge is 2.40. The predicted octanol–water partition coefficient (Wildman–Crippen LogP) is -0.383. The van der Waals surface area contributed by atoms with E-state index in [2.05, 4.69) is 56.3 Å². The van der Waals surface area contributed by atoms with Crippen LogP contribution in [0.4, 0.5) is 0 Å². The number of hydrogen-bond donors (Lipinski definition) is 0. The molecule has 3 heteroatoms. The van der Waals surface area contributed by atoms with Crippen molar-refractivity contribution >= 4 is 5.90 Å². The molecule has 2 nitrogen and oxygen atoms in total. The molecule has 1 heterocycles. The lowest BCUT2D eigenvalue weighted by Crippen LogP contribution is -3.00. The molecule has 0 N–H and O–H groups in total. The Morgan fingerprint density at radius 2 is 2.06 bits per heavy atom. The van der Waals surface area contributed by atoms with E-state index in [9.17, 15) is 0 Å². The number of allylic oxidation sites excluding steroid dienone is 1. The Morgan fingerprint density at radius 1 is 1.39 bits per heavy atom. The number of likely N-dealkylation sites (N-methyl/N-ethyl adjacent to an activating group) is 1. The van der Waals surface area contributed by atoms with Crippen molar-refractivity contribution in [2.45, 2.75) is 25.8 Å². The monoisotopic (exact) mass is 357 g/mol. The van der Waals surface area contributed by atoms with Gasteiger partial charge in [-0.25, -0.2) is 0 Å². The predicted molar refractivity (Wildman–Crippen MR) is 70.7 cm³/mol. The van der Waals surface area contributed by atoms with Crippen LogP contribution in [0.3, 0.4) is 0 Å². The molecule has 0 radical (unpaired) electrons. The van der Waals surface area contributed by atoms with Crippen LogP contribution in [-0.4, -0.2) is 29.7 Å². The smallest absolute Gasteiger partial charge is 0.370 e. The van der Waals surface area contributed by atoms with E-state index >= 15 is 0 Å². The Labute approximate surface area is 126 Å². The van der Waals surface area contributed by atoms with E-state index in [1.807, 2.05) is 6.08 Å². The second-order valence-corrected chi connectivity index (χ2v) is 5.12. The molecule has 0 bridgehead atoms. The van der Waals surface area contributed by atoms with Gasteiger partial charge in [-0.1, -0.05) is 24.3 Å². The van der Waals surface area contributed by atoms with E-state index in [4.69, 9.17) is 4.74 Å². The van der Waals surface area contributed by atoms with Crippen molar-refractivity contribution in [3.8, 4) is 0 Å². The molecule has 1 aromatic rings. The molecule has 18 heavy (non-hydrogen) atoms. The summed E-state index contributed by atoms with van der Waals surface area (Å²) in [6.07, 6.45) is 2.80. The van der Waals surface area contributed by atoms with Gasteiger partial charge in [0.05, 0.1) is 5.56 Å². The van der Waals surface area contributed by atoms with Crippen molar-refractivity contribution in [1.82, 2.24) is 0 Å². The average Bonchev–Trinajstić information content (AvgIpc) is 2.56. The van der Waals surface area contributed by atoms with Gasteiger partial charge in [-0.15, -0.1) is 6.58 Å². The SMILES string of the molecule is C=CCc1ccccc1C1=[N+](C)C(C)(C)CO1.[I-]. The topological polar surface area (TPSA) is 12.2 Å². The quantitative estimate of drug-likeness (QED) is 0.408. The molecule has 98 valence electrons. The standard InChI is InChI=1S/C15H20NO.HI/c1-5-8-12-9-6-7-10-13(12)14-16(4)15(2,3)11-17-14;/h5-7,9-10H,1,8,11H2,2-4H3;1H/q+1;/p-1. The van der Waals surface area contributed by atoms with Crippen LogP contribution in [0.5, 0.6) is 0 Å². The lowest BCUT2D eigenvalue weighted by atomic mass is 10.0. The second-order valence-electron chi connectivity index (χ2n) is 5.12. The first-order valence-electron chi connectivity index (χ1n) is 5.99. The molecule has 0 amide bonds. The third kappa shape index (κ3) is 2.76. The van der Waals surface area contributed by atoms with Crippen LogP contribution < -0.4 is 24.0 Å². The first kappa shape index (κ1) is 15.2. The highest BCUT2D eigenvalue weighted by molar-refractivity contribution is 5.92. The molecule has 0 aliphatic carbocycles. The van der Waals surface area contributed by atoms with Crippen LogP contribution in [0.15, 0.2) is 36.9 Å². The lowest BCUT2D eigenvalue weighted by Gasteiger charge is -2.09. The fourth-order valence-electron chi connectivity index (χ4n) is 2.03. The molecule has 2 rings (SSSR count). The maximum atomic E-state index is 5.86. The number of rotatable bonds is 3. The highest BCUT2D eigenvalue weighted by Crippen LogP contribution is 2.21. The zero-order valence-corrected chi connectivity index (χ0v) is 13.4. The summed E-state index contributed by atoms with van der Waals surface area (Å²) >= 11 is 0. The molecule has 0 atom stereocenters. The minimum Gasteiger partial charge on any atom is -1.00 e. The van der Waals surface area contributed by atoms with Gasteiger partial charge >= 0.3 is 5.90 Å². The van der Waals surface area contributed by atoms with Gasteiger partial charge in [-0.05, 0) is 18.1 Å². The number of benzene rings is 1. The molecule has 1 aromatic carbocycles. The zero-order valence-electron chi connectivity index (χ0n) is 11.2. The molecule has 0 saturated heterocycles. The maximum Gasteiger partial charge on any atom is 0.370 e. The van der Waals surface area contributed by atoms with Gasteiger partial charge in [0.25, 0.3) is 0 Å². The first-order chi connectivity index (χ1) is 8.06. The van der Waals surface area contributed by atoms with Gasteiger partial charge in [0.15, 0.2) is 12.1 Å². The van der Waals surface area contributed by atoms with Crippen molar-refractivity contribution in [2.24, 2.45) is 0 Å². The minimum absolute atomic E-state index is 0. The lowest BCUT2D eigenvalue weighted by molar-refractivity contribution is -0.562. The molecular weight excluding hydrogens is 337 g/mol. The summed E-state index contributed by atoms with van der Waals surface area (Å²) in [6.45, 7) is 8.93. The summed E-state index contributed by atoms with van der Waals surface area (Å²) in [5.41, 5.74) is 2.51. The van der Waals surface area contributed by atoms with E-state index in [0.717, 1.165) is 18.9 Å². The minimum atomic E-state index is 0. The van der Waals surface area contributed by atoms with Crippen LogP contribution in [0.25, 0.3) is 0 Å². The molecule has 0 spiro atoms. The Morgan fingerprint density at radius 3 is 2.61 bits per heavy atom. The van der Waals surface area contributed by atoms with Crippen LogP contribution in [-0.2, 0) is 11.2 Å². The van der Waals surface area contributed by atoms with Gasteiger partial charge in [-0.3, -0.25) is 0 Å². The Bertz CT molecular complexity index is 477. The fourth-order valence-corrected chi connectivity index (χ4v) is 2.03. The third-order valence-electron chi connectivity index (χ3n) is 3.39. The van der Waals surface area contributed by atoms with Crippen molar-refractivity contribution in [1.29, 1.82) is 0 Å². The first-order valence-corrected chi connectivity index (χ1v) is 5.99. The Hall–Kier alpha value is -0.840. The van der Waals surface area contributed by atoms with Crippen LogP contribution in [0.2, 0.25) is 0 Å². The van der Waals surface area contributed by atoms with Gasteiger partial charge in [0, 0.05) is 13.8 Å². The summed E-state index contributed by atoms with van der Waals surface area (Å²) < 4.78 is 8.08. The summed E-state index contributed by atoms with van der Waals surface area (Å²) in [4.78, 5) is 0. The molecule has 1 aliphatic rings. The molecular formula is C15H20INO. The summed E-state index contributed by atoms with van der Waals surface area (Å²) in [6, 6.07) is 8.36. The number of halogens is 1.